The molecule has 3 rings (SSSR count). The van der Waals surface area contributed by atoms with Gasteiger partial charge in [-0.1, -0.05) is 29.8 Å². The molecule has 16 heavy (non-hydrogen) atoms. The molecular weight excluding hydrogens is 220 g/mol. The summed E-state index contributed by atoms with van der Waals surface area (Å²) in [7, 11) is 0. The molecule has 1 saturated carbocycles. The van der Waals surface area contributed by atoms with Crippen molar-refractivity contribution < 1.29 is 0 Å². The highest BCUT2D eigenvalue weighted by atomic mass is 35.5. The molecule has 2 nitrogen and oxygen atoms in total. The third-order valence-electron chi connectivity index (χ3n) is 3.95. The number of nitrogens with one attached hydrogen (secondary N) is 2. The van der Waals surface area contributed by atoms with Gasteiger partial charge >= 0.3 is 0 Å². The quantitative estimate of drug-likeness (QED) is 0.841. The number of hydrogen-bond acceptors (Lipinski definition) is 2. The Morgan fingerprint density at radius 1 is 1.38 bits per heavy atom. The Kier molecular flexibility index (Phi) is 2.66. The molecule has 1 aliphatic carbocycles. The first-order valence-corrected chi connectivity index (χ1v) is 6.35. The molecule has 1 aliphatic heterocycles. The largest absolute Gasteiger partial charge is 0.315 e. The van der Waals surface area contributed by atoms with Crippen molar-refractivity contribution in [1.82, 2.24) is 10.6 Å². The van der Waals surface area contributed by atoms with Crippen LogP contribution in [0.4, 0.5) is 0 Å². The van der Waals surface area contributed by atoms with E-state index in [9.17, 15) is 0 Å². The van der Waals surface area contributed by atoms with Crippen molar-refractivity contribution in [2.24, 2.45) is 5.41 Å². The maximum atomic E-state index is 6.14. The van der Waals surface area contributed by atoms with Crippen molar-refractivity contribution in [2.75, 3.05) is 13.1 Å². The van der Waals surface area contributed by atoms with Gasteiger partial charge in [-0.3, -0.25) is 0 Å². The van der Waals surface area contributed by atoms with E-state index in [1.54, 1.807) is 0 Å². The molecule has 0 bridgehead atoms. The second-order valence-corrected chi connectivity index (χ2v) is 5.43. The van der Waals surface area contributed by atoms with Crippen LogP contribution in [0.15, 0.2) is 24.3 Å². The zero-order valence-electron chi connectivity index (χ0n) is 9.30. The summed E-state index contributed by atoms with van der Waals surface area (Å²) in [6.07, 6.45) is 2.75. The van der Waals surface area contributed by atoms with E-state index in [1.807, 2.05) is 18.2 Å². The lowest BCUT2D eigenvalue weighted by molar-refractivity contribution is 0.408. The Morgan fingerprint density at radius 3 is 2.94 bits per heavy atom. The first kappa shape index (κ1) is 10.6. The van der Waals surface area contributed by atoms with Gasteiger partial charge in [-0.15, -0.1) is 0 Å². The van der Waals surface area contributed by atoms with Gasteiger partial charge in [0, 0.05) is 30.7 Å². The van der Waals surface area contributed by atoms with E-state index < -0.39 is 0 Å². The molecule has 1 heterocycles. The first-order chi connectivity index (χ1) is 7.80. The number of rotatable bonds is 3. The molecule has 0 aromatic heterocycles. The van der Waals surface area contributed by atoms with Gasteiger partial charge in [0.2, 0.25) is 0 Å². The summed E-state index contributed by atoms with van der Waals surface area (Å²) in [5.41, 5.74) is 1.77. The smallest absolute Gasteiger partial charge is 0.0450 e. The number of hydrogen-bond donors (Lipinski definition) is 2. The fraction of sp³-hybridized carbons (Fsp3) is 0.538. The SMILES string of the molecule is Clc1ccccc1CNC1CNCC12CC2. The fourth-order valence-corrected chi connectivity index (χ4v) is 2.86. The van der Waals surface area contributed by atoms with Crippen LogP contribution in [0.25, 0.3) is 0 Å². The molecule has 1 spiro atoms. The van der Waals surface area contributed by atoms with Crippen LogP contribution >= 0.6 is 11.6 Å². The summed E-state index contributed by atoms with van der Waals surface area (Å²) in [6, 6.07) is 8.70. The molecule has 0 radical (unpaired) electrons. The molecule has 1 atom stereocenters. The lowest BCUT2D eigenvalue weighted by Crippen LogP contribution is -2.36. The van der Waals surface area contributed by atoms with Crippen molar-refractivity contribution in [3.05, 3.63) is 34.9 Å². The van der Waals surface area contributed by atoms with Crippen LogP contribution in [0.3, 0.4) is 0 Å². The maximum absolute atomic E-state index is 6.14. The highest BCUT2D eigenvalue weighted by molar-refractivity contribution is 6.31. The molecule has 1 unspecified atom stereocenters. The summed E-state index contributed by atoms with van der Waals surface area (Å²) < 4.78 is 0. The molecule has 1 aromatic carbocycles. The average molecular weight is 237 g/mol. The first-order valence-electron chi connectivity index (χ1n) is 5.98. The van der Waals surface area contributed by atoms with E-state index in [-0.39, 0.29) is 0 Å². The van der Waals surface area contributed by atoms with E-state index >= 15 is 0 Å². The van der Waals surface area contributed by atoms with Gasteiger partial charge in [-0.2, -0.15) is 0 Å². The van der Waals surface area contributed by atoms with Crippen molar-refractivity contribution >= 4 is 11.6 Å². The minimum atomic E-state index is 0.571. The number of halogens is 1. The molecule has 0 amide bonds. The Labute approximate surface area is 101 Å². The Hall–Kier alpha value is -0.570. The molecule has 1 aromatic rings. The summed E-state index contributed by atoms with van der Waals surface area (Å²) in [5, 5.41) is 7.99. The van der Waals surface area contributed by atoms with E-state index in [4.69, 9.17) is 11.6 Å². The summed E-state index contributed by atoms with van der Waals surface area (Å²) >= 11 is 6.14. The zero-order chi connectivity index (χ0) is 11.0. The van der Waals surface area contributed by atoms with Crippen LogP contribution in [0, 0.1) is 5.41 Å². The molecular formula is C13H17ClN2. The second kappa shape index (κ2) is 4.02. The third kappa shape index (κ3) is 1.86. The average Bonchev–Trinajstić information content (AvgIpc) is 2.94. The molecule has 3 heteroatoms. The lowest BCUT2D eigenvalue weighted by Gasteiger charge is -2.19. The van der Waals surface area contributed by atoms with Crippen LogP contribution in [0.2, 0.25) is 5.02 Å². The van der Waals surface area contributed by atoms with Crippen molar-refractivity contribution in [3.8, 4) is 0 Å². The van der Waals surface area contributed by atoms with Crippen LogP contribution in [0.1, 0.15) is 18.4 Å². The fourth-order valence-electron chi connectivity index (χ4n) is 2.65. The van der Waals surface area contributed by atoms with E-state index in [0.29, 0.717) is 11.5 Å². The molecule has 2 N–H and O–H groups in total. The van der Waals surface area contributed by atoms with Gasteiger partial charge in [0.25, 0.3) is 0 Å². The van der Waals surface area contributed by atoms with Gasteiger partial charge in [-0.05, 0) is 29.9 Å². The topological polar surface area (TPSA) is 24.1 Å². The Bertz CT molecular complexity index is 387. The molecule has 2 aliphatic rings. The van der Waals surface area contributed by atoms with Gasteiger partial charge in [0.05, 0.1) is 0 Å². The van der Waals surface area contributed by atoms with Gasteiger partial charge in [0.15, 0.2) is 0 Å². The summed E-state index contributed by atoms with van der Waals surface area (Å²) in [5.74, 6) is 0. The van der Waals surface area contributed by atoms with Crippen LogP contribution in [-0.2, 0) is 6.54 Å². The van der Waals surface area contributed by atoms with E-state index in [1.165, 1.54) is 24.9 Å². The minimum absolute atomic E-state index is 0.571. The van der Waals surface area contributed by atoms with E-state index in [2.05, 4.69) is 16.7 Å². The van der Waals surface area contributed by atoms with E-state index in [0.717, 1.165) is 18.1 Å². The predicted octanol–water partition coefficient (Wildman–Crippen LogP) is 2.18. The van der Waals surface area contributed by atoms with Crippen molar-refractivity contribution in [1.29, 1.82) is 0 Å². The Morgan fingerprint density at radius 2 is 2.19 bits per heavy atom. The standard InChI is InChI=1S/C13H17ClN2/c14-11-4-2-1-3-10(11)7-16-12-8-15-9-13(12)5-6-13/h1-4,12,15-16H,5-9H2. The number of benzene rings is 1. The highest BCUT2D eigenvalue weighted by Gasteiger charge is 2.51. The van der Waals surface area contributed by atoms with Crippen LogP contribution in [-0.4, -0.2) is 19.1 Å². The molecule has 86 valence electrons. The lowest BCUT2D eigenvalue weighted by atomic mass is 10.0. The Balaban J connectivity index is 1.62. The zero-order valence-corrected chi connectivity index (χ0v) is 10.1. The van der Waals surface area contributed by atoms with Gasteiger partial charge < -0.3 is 10.6 Å². The second-order valence-electron chi connectivity index (χ2n) is 5.02. The van der Waals surface area contributed by atoms with Gasteiger partial charge in [-0.25, -0.2) is 0 Å². The molecule has 2 fully saturated rings. The van der Waals surface area contributed by atoms with Gasteiger partial charge in [0.1, 0.15) is 0 Å². The predicted molar refractivity (Wildman–Crippen MR) is 66.6 cm³/mol. The highest BCUT2D eigenvalue weighted by Crippen LogP contribution is 2.50. The summed E-state index contributed by atoms with van der Waals surface area (Å²) in [4.78, 5) is 0. The van der Waals surface area contributed by atoms with Crippen LogP contribution in [0.5, 0.6) is 0 Å². The molecule has 1 saturated heterocycles. The normalized spacial score (nSPS) is 26.2. The van der Waals surface area contributed by atoms with Crippen molar-refractivity contribution in [2.45, 2.75) is 25.4 Å². The summed E-state index contributed by atoms with van der Waals surface area (Å²) in [6.45, 7) is 3.17. The van der Waals surface area contributed by atoms with Crippen molar-refractivity contribution in [3.63, 3.8) is 0 Å². The third-order valence-corrected chi connectivity index (χ3v) is 4.32. The minimum Gasteiger partial charge on any atom is -0.315 e. The maximum Gasteiger partial charge on any atom is 0.0450 e. The monoisotopic (exact) mass is 236 g/mol. The van der Waals surface area contributed by atoms with Crippen LogP contribution < -0.4 is 10.6 Å².